The minimum Gasteiger partial charge on any atom is -0.338 e. The number of nitrogens with zero attached hydrogens (tertiary/aromatic N) is 1. The maximum atomic E-state index is 11.7. The summed E-state index contributed by atoms with van der Waals surface area (Å²) in [5.41, 5.74) is 2.14. The number of rotatable bonds is 5. The first-order valence-electron chi connectivity index (χ1n) is 6.26. The van der Waals surface area contributed by atoms with Crippen LogP contribution in [0.3, 0.4) is 0 Å². The number of urea groups is 1. The van der Waals surface area contributed by atoms with Crippen molar-refractivity contribution in [3.05, 3.63) is 29.6 Å². The van der Waals surface area contributed by atoms with E-state index in [4.69, 9.17) is 0 Å². The van der Waals surface area contributed by atoms with E-state index in [1.165, 1.54) is 0 Å². The Morgan fingerprint density at radius 3 is 2.79 bits per heavy atom. The van der Waals surface area contributed by atoms with Crippen molar-refractivity contribution in [1.82, 2.24) is 20.9 Å². The van der Waals surface area contributed by atoms with Crippen LogP contribution in [-0.4, -0.2) is 29.5 Å². The van der Waals surface area contributed by atoms with Crippen molar-refractivity contribution in [2.75, 3.05) is 6.54 Å². The molecule has 3 amide bonds. The van der Waals surface area contributed by atoms with E-state index < -0.39 is 12.1 Å². The molecular formula is C13H20N4O2. The fraction of sp³-hybridized carbons (Fsp3) is 0.462. The van der Waals surface area contributed by atoms with E-state index in [1.54, 1.807) is 26.2 Å². The van der Waals surface area contributed by atoms with Gasteiger partial charge in [-0.05, 0) is 38.0 Å². The van der Waals surface area contributed by atoms with Crippen molar-refractivity contribution >= 4 is 11.9 Å². The van der Waals surface area contributed by atoms with Gasteiger partial charge in [0.05, 0.1) is 6.04 Å². The third-order valence-electron chi connectivity index (χ3n) is 2.71. The van der Waals surface area contributed by atoms with Crippen molar-refractivity contribution in [2.45, 2.75) is 33.4 Å². The quantitative estimate of drug-likeness (QED) is 0.731. The zero-order valence-corrected chi connectivity index (χ0v) is 11.5. The molecule has 1 atom stereocenters. The molecule has 1 unspecified atom stereocenters. The fourth-order valence-electron chi connectivity index (χ4n) is 1.46. The first-order valence-corrected chi connectivity index (χ1v) is 6.26. The highest BCUT2D eigenvalue weighted by molar-refractivity contribution is 5.96. The maximum absolute atomic E-state index is 11.7. The smallest absolute Gasteiger partial charge is 0.321 e. The van der Waals surface area contributed by atoms with Gasteiger partial charge >= 0.3 is 6.03 Å². The van der Waals surface area contributed by atoms with Gasteiger partial charge in [0, 0.05) is 25.5 Å². The standard InChI is InChI=1S/C13H20N4O2/c1-4-15-13(19)17-12(18)10(3)16-8-11-7-14-6-5-9(11)2/h5-7,10,16H,4,8H2,1-3H3,(H2,15,17,18,19). The SMILES string of the molecule is CCNC(=O)NC(=O)C(C)NCc1cnccc1C. The number of pyridine rings is 1. The Morgan fingerprint density at radius 2 is 2.16 bits per heavy atom. The van der Waals surface area contributed by atoms with Gasteiger partial charge in [0.25, 0.3) is 0 Å². The van der Waals surface area contributed by atoms with Gasteiger partial charge in [-0.2, -0.15) is 0 Å². The van der Waals surface area contributed by atoms with E-state index in [9.17, 15) is 9.59 Å². The lowest BCUT2D eigenvalue weighted by atomic mass is 10.1. The van der Waals surface area contributed by atoms with E-state index in [-0.39, 0.29) is 5.91 Å². The molecule has 0 aromatic carbocycles. The lowest BCUT2D eigenvalue weighted by Crippen LogP contribution is -2.47. The summed E-state index contributed by atoms with van der Waals surface area (Å²) in [4.78, 5) is 26.9. The van der Waals surface area contributed by atoms with E-state index in [2.05, 4.69) is 20.9 Å². The number of hydrogen-bond acceptors (Lipinski definition) is 4. The molecule has 6 heteroatoms. The van der Waals surface area contributed by atoms with Crippen LogP contribution in [0.4, 0.5) is 4.79 Å². The monoisotopic (exact) mass is 264 g/mol. The Labute approximate surface area is 113 Å². The van der Waals surface area contributed by atoms with Crippen molar-refractivity contribution in [1.29, 1.82) is 0 Å². The number of aromatic nitrogens is 1. The molecular weight excluding hydrogens is 244 g/mol. The Kier molecular flexibility index (Phi) is 5.95. The molecule has 0 saturated heterocycles. The number of hydrogen-bond donors (Lipinski definition) is 3. The molecule has 1 heterocycles. The van der Waals surface area contributed by atoms with Crippen LogP contribution in [0.25, 0.3) is 0 Å². The molecule has 3 N–H and O–H groups in total. The predicted molar refractivity (Wildman–Crippen MR) is 72.5 cm³/mol. The van der Waals surface area contributed by atoms with Gasteiger partial charge < -0.3 is 10.6 Å². The first kappa shape index (κ1) is 15.1. The predicted octanol–water partition coefficient (Wildman–Crippen LogP) is 0.714. The molecule has 0 spiro atoms. The van der Waals surface area contributed by atoms with Crippen LogP contribution in [0.1, 0.15) is 25.0 Å². The van der Waals surface area contributed by atoms with Crippen LogP contribution in [0.2, 0.25) is 0 Å². The van der Waals surface area contributed by atoms with E-state index >= 15 is 0 Å². The molecule has 1 aromatic heterocycles. The van der Waals surface area contributed by atoms with Crippen LogP contribution in [0.5, 0.6) is 0 Å². The van der Waals surface area contributed by atoms with Crippen LogP contribution in [0.15, 0.2) is 18.5 Å². The molecule has 0 saturated carbocycles. The molecule has 6 nitrogen and oxygen atoms in total. The van der Waals surface area contributed by atoms with E-state index in [0.29, 0.717) is 13.1 Å². The Hall–Kier alpha value is -1.95. The van der Waals surface area contributed by atoms with Crippen LogP contribution in [-0.2, 0) is 11.3 Å². The second kappa shape index (κ2) is 7.48. The summed E-state index contributed by atoms with van der Waals surface area (Å²) in [5, 5.41) is 7.82. The summed E-state index contributed by atoms with van der Waals surface area (Å²) in [5.74, 6) is -0.354. The highest BCUT2D eigenvalue weighted by atomic mass is 16.2. The van der Waals surface area contributed by atoms with Gasteiger partial charge in [0.2, 0.25) is 5.91 Å². The van der Waals surface area contributed by atoms with Gasteiger partial charge in [0.1, 0.15) is 0 Å². The van der Waals surface area contributed by atoms with Crippen LogP contribution >= 0.6 is 0 Å². The average Bonchev–Trinajstić information content (AvgIpc) is 2.37. The van der Waals surface area contributed by atoms with Gasteiger partial charge in [-0.1, -0.05) is 0 Å². The zero-order valence-electron chi connectivity index (χ0n) is 11.5. The van der Waals surface area contributed by atoms with Gasteiger partial charge in [0.15, 0.2) is 0 Å². The van der Waals surface area contributed by atoms with Crippen LogP contribution < -0.4 is 16.0 Å². The molecule has 0 bridgehead atoms. The molecule has 0 aliphatic heterocycles. The Bertz CT molecular complexity index is 448. The number of imide groups is 1. The highest BCUT2D eigenvalue weighted by Crippen LogP contribution is 2.04. The topological polar surface area (TPSA) is 83.1 Å². The van der Waals surface area contributed by atoms with Crippen molar-refractivity contribution in [2.24, 2.45) is 0 Å². The van der Waals surface area contributed by atoms with E-state index in [0.717, 1.165) is 11.1 Å². The summed E-state index contributed by atoms with van der Waals surface area (Å²) < 4.78 is 0. The third kappa shape index (κ3) is 5.05. The van der Waals surface area contributed by atoms with Crippen molar-refractivity contribution < 1.29 is 9.59 Å². The number of aryl methyl sites for hydroxylation is 1. The summed E-state index contributed by atoms with van der Waals surface area (Å²) in [6.45, 7) is 6.49. The first-order chi connectivity index (χ1) is 9.04. The molecule has 0 aliphatic rings. The van der Waals surface area contributed by atoms with Crippen LogP contribution in [0, 0.1) is 6.92 Å². The lowest BCUT2D eigenvalue weighted by Gasteiger charge is -2.14. The highest BCUT2D eigenvalue weighted by Gasteiger charge is 2.14. The summed E-state index contributed by atoms with van der Waals surface area (Å²) in [6.07, 6.45) is 3.49. The van der Waals surface area contributed by atoms with Gasteiger partial charge in [-0.15, -0.1) is 0 Å². The van der Waals surface area contributed by atoms with Gasteiger partial charge in [-0.3, -0.25) is 15.1 Å². The fourth-order valence-corrected chi connectivity index (χ4v) is 1.46. The second-order valence-electron chi connectivity index (χ2n) is 4.25. The van der Waals surface area contributed by atoms with Gasteiger partial charge in [-0.25, -0.2) is 4.79 Å². The molecule has 104 valence electrons. The largest absolute Gasteiger partial charge is 0.338 e. The minimum atomic E-state index is -0.473. The average molecular weight is 264 g/mol. The number of carbonyl (C=O) groups is 2. The zero-order chi connectivity index (χ0) is 14.3. The number of nitrogens with one attached hydrogen (secondary N) is 3. The third-order valence-corrected chi connectivity index (χ3v) is 2.71. The molecule has 0 aliphatic carbocycles. The van der Waals surface area contributed by atoms with Crippen molar-refractivity contribution in [3.63, 3.8) is 0 Å². The normalized spacial score (nSPS) is 11.7. The molecule has 1 aromatic rings. The van der Waals surface area contributed by atoms with E-state index in [1.807, 2.05) is 13.0 Å². The molecule has 0 radical (unpaired) electrons. The second-order valence-corrected chi connectivity index (χ2v) is 4.25. The maximum Gasteiger partial charge on any atom is 0.321 e. The molecule has 0 fully saturated rings. The summed E-state index contributed by atoms with van der Waals surface area (Å²) in [7, 11) is 0. The Morgan fingerprint density at radius 1 is 1.42 bits per heavy atom. The number of carbonyl (C=O) groups excluding carboxylic acids is 2. The van der Waals surface area contributed by atoms with Crippen molar-refractivity contribution in [3.8, 4) is 0 Å². The summed E-state index contributed by atoms with van der Waals surface area (Å²) >= 11 is 0. The lowest BCUT2D eigenvalue weighted by molar-refractivity contribution is -0.121. The number of amides is 3. The molecule has 19 heavy (non-hydrogen) atoms. The molecule has 1 rings (SSSR count). The summed E-state index contributed by atoms with van der Waals surface area (Å²) in [6, 6.07) is 0.983. The Balaban J connectivity index is 2.43. The minimum absolute atomic E-state index is 0.354.